The molecule has 3 N–H and O–H groups in total. The van der Waals surface area contributed by atoms with Gasteiger partial charge in [-0.05, 0) is 18.2 Å². The number of nitrogens with two attached hydrogens (primary N) is 1. The van der Waals surface area contributed by atoms with E-state index in [1.165, 1.54) is 19.5 Å². The average molecular weight is 312 g/mol. The van der Waals surface area contributed by atoms with Gasteiger partial charge in [0.05, 0.1) is 7.11 Å². The quantitative estimate of drug-likeness (QED) is 0.754. The largest absolute Gasteiger partial charge is 0.497 e. The molecule has 0 atom stereocenters. The van der Waals surface area contributed by atoms with Gasteiger partial charge in [-0.3, -0.25) is 9.59 Å². The molecule has 0 radical (unpaired) electrons. The Morgan fingerprint density at radius 3 is 2.78 bits per heavy atom. The van der Waals surface area contributed by atoms with Crippen molar-refractivity contribution in [2.75, 3.05) is 12.4 Å². The molecule has 0 saturated carbocycles. The predicted molar refractivity (Wildman–Crippen MR) is 81.3 cm³/mol. The zero-order chi connectivity index (χ0) is 16.4. The maximum atomic E-state index is 12.4. The highest BCUT2D eigenvalue weighted by Crippen LogP contribution is 2.28. The molecule has 0 spiro atoms. The fourth-order valence-electron chi connectivity index (χ4n) is 2.07. The molecule has 3 rings (SSSR count). The number of nitrogens with one attached hydrogen (secondary N) is 1. The minimum atomic E-state index is -0.828. The van der Waals surface area contributed by atoms with E-state index in [0.717, 1.165) is 0 Å². The van der Waals surface area contributed by atoms with E-state index in [9.17, 15) is 9.59 Å². The third-order valence-electron chi connectivity index (χ3n) is 3.12. The molecule has 0 aliphatic heterocycles. The van der Waals surface area contributed by atoms with Crippen LogP contribution in [-0.4, -0.2) is 28.9 Å². The van der Waals surface area contributed by atoms with Crippen molar-refractivity contribution in [1.29, 1.82) is 0 Å². The third kappa shape index (κ3) is 2.69. The molecule has 8 heteroatoms. The fourth-order valence-corrected chi connectivity index (χ4v) is 2.07. The van der Waals surface area contributed by atoms with Crippen molar-refractivity contribution < 1.29 is 18.7 Å². The van der Waals surface area contributed by atoms with Gasteiger partial charge in [-0.25, -0.2) is 9.97 Å². The van der Waals surface area contributed by atoms with Crippen LogP contribution in [0, 0.1) is 0 Å². The predicted octanol–water partition coefficient (Wildman–Crippen LogP) is 1.58. The van der Waals surface area contributed by atoms with Crippen LogP contribution in [0.2, 0.25) is 0 Å². The number of benzene rings is 1. The summed E-state index contributed by atoms with van der Waals surface area (Å²) in [5.41, 5.74) is 6.08. The highest BCUT2D eigenvalue weighted by molar-refractivity contribution is 6.12. The number of rotatable bonds is 4. The average Bonchev–Trinajstić information content (AvgIpc) is 2.94. The maximum Gasteiger partial charge on any atom is 0.286 e. The minimum Gasteiger partial charge on any atom is -0.497 e. The monoisotopic (exact) mass is 312 g/mol. The van der Waals surface area contributed by atoms with Crippen LogP contribution < -0.4 is 15.8 Å². The van der Waals surface area contributed by atoms with Gasteiger partial charge < -0.3 is 20.2 Å². The smallest absolute Gasteiger partial charge is 0.286 e. The highest BCUT2D eigenvalue weighted by Gasteiger charge is 2.22. The second kappa shape index (κ2) is 5.76. The Kier molecular flexibility index (Phi) is 3.63. The van der Waals surface area contributed by atoms with Crippen molar-refractivity contribution >= 4 is 28.7 Å². The number of methoxy groups -OCH3 is 1. The molecule has 116 valence electrons. The summed E-state index contributed by atoms with van der Waals surface area (Å²) in [6, 6.07) is 6.56. The van der Waals surface area contributed by atoms with E-state index < -0.39 is 11.8 Å². The summed E-state index contributed by atoms with van der Waals surface area (Å²) in [4.78, 5) is 31.9. The lowest BCUT2D eigenvalue weighted by atomic mass is 10.2. The first kappa shape index (κ1) is 14.5. The molecule has 2 heterocycles. The lowest BCUT2D eigenvalue weighted by Gasteiger charge is -2.06. The molecule has 23 heavy (non-hydrogen) atoms. The number of nitrogens with zero attached hydrogens (tertiary/aromatic N) is 2. The van der Waals surface area contributed by atoms with Gasteiger partial charge in [0.15, 0.2) is 5.52 Å². The summed E-state index contributed by atoms with van der Waals surface area (Å²) in [6.45, 7) is 0. The second-order valence-corrected chi connectivity index (χ2v) is 4.57. The maximum absolute atomic E-state index is 12.4. The van der Waals surface area contributed by atoms with E-state index in [1.807, 2.05) is 0 Å². The number of furan rings is 1. The van der Waals surface area contributed by atoms with E-state index in [2.05, 4.69) is 15.3 Å². The van der Waals surface area contributed by atoms with Crippen LogP contribution in [0.15, 0.2) is 41.1 Å². The Hall–Kier alpha value is -3.42. The number of hydrogen-bond donors (Lipinski definition) is 2. The minimum absolute atomic E-state index is 0.0911. The van der Waals surface area contributed by atoms with Crippen molar-refractivity contribution in [2.24, 2.45) is 5.73 Å². The van der Waals surface area contributed by atoms with Crippen molar-refractivity contribution in [3.8, 4) is 5.75 Å². The van der Waals surface area contributed by atoms with Crippen LogP contribution in [0.4, 0.5) is 5.69 Å². The fraction of sp³-hybridized carbons (Fsp3) is 0.0667. The van der Waals surface area contributed by atoms with E-state index in [0.29, 0.717) is 11.3 Å². The standard InChI is InChI=1S/C15H12N4O4/c1-22-9-4-2-3-8(7-9)14(21)19-10-11-15(18-6-5-17-11)23-12(10)13(16)20/h2-7H,1H3,(H2,16,20)(H,19,21). The van der Waals surface area contributed by atoms with Crippen molar-refractivity contribution in [3.05, 3.63) is 48.0 Å². The molecule has 0 aliphatic rings. The topological polar surface area (TPSA) is 120 Å². The van der Waals surface area contributed by atoms with Gasteiger partial charge >= 0.3 is 0 Å². The highest BCUT2D eigenvalue weighted by atomic mass is 16.5. The number of ether oxygens (including phenoxy) is 1. The summed E-state index contributed by atoms with van der Waals surface area (Å²) >= 11 is 0. The first-order valence-electron chi connectivity index (χ1n) is 6.59. The zero-order valence-corrected chi connectivity index (χ0v) is 12.1. The van der Waals surface area contributed by atoms with Crippen molar-refractivity contribution in [1.82, 2.24) is 9.97 Å². The van der Waals surface area contributed by atoms with Gasteiger partial charge in [0.2, 0.25) is 11.5 Å². The third-order valence-corrected chi connectivity index (χ3v) is 3.12. The van der Waals surface area contributed by atoms with Crippen molar-refractivity contribution in [3.63, 3.8) is 0 Å². The van der Waals surface area contributed by atoms with Crippen LogP contribution in [-0.2, 0) is 0 Å². The number of aromatic nitrogens is 2. The van der Waals surface area contributed by atoms with Gasteiger partial charge in [-0.15, -0.1) is 0 Å². The first-order valence-corrected chi connectivity index (χ1v) is 6.59. The van der Waals surface area contributed by atoms with Gasteiger partial charge in [0.1, 0.15) is 11.4 Å². The molecule has 0 unspecified atom stereocenters. The zero-order valence-electron chi connectivity index (χ0n) is 12.1. The molecule has 0 bridgehead atoms. The molecule has 8 nitrogen and oxygen atoms in total. The lowest BCUT2D eigenvalue weighted by molar-refractivity contribution is 0.0977. The molecule has 3 aromatic rings. The van der Waals surface area contributed by atoms with Crippen LogP contribution in [0.25, 0.3) is 11.2 Å². The summed E-state index contributed by atoms with van der Waals surface area (Å²) in [6.07, 6.45) is 2.83. The number of primary amides is 1. The molecule has 2 aromatic heterocycles. The second-order valence-electron chi connectivity index (χ2n) is 4.57. The lowest BCUT2D eigenvalue weighted by Crippen LogP contribution is -2.17. The number of amides is 2. The number of fused-ring (bicyclic) bond motifs is 1. The summed E-state index contributed by atoms with van der Waals surface area (Å²) in [5.74, 6) is -0.961. The molecule has 1 aromatic carbocycles. The van der Waals surface area contributed by atoms with Crippen LogP contribution in [0.1, 0.15) is 20.9 Å². The van der Waals surface area contributed by atoms with E-state index in [-0.39, 0.29) is 22.7 Å². The first-order chi connectivity index (χ1) is 11.1. The van der Waals surface area contributed by atoms with Crippen molar-refractivity contribution in [2.45, 2.75) is 0 Å². The Morgan fingerprint density at radius 2 is 2.04 bits per heavy atom. The summed E-state index contributed by atoms with van der Waals surface area (Å²) < 4.78 is 10.3. The Balaban J connectivity index is 2.01. The molecular weight excluding hydrogens is 300 g/mol. The number of carbonyl (C=O) groups is 2. The molecule has 0 fully saturated rings. The molecule has 0 saturated heterocycles. The normalized spacial score (nSPS) is 10.5. The number of carbonyl (C=O) groups excluding carboxylic acids is 2. The Labute approximate surface area is 130 Å². The molecular formula is C15H12N4O4. The SMILES string of the molecule is COc1cccc(C(=O)Nc2c(C(N)=O)oc3nccnc23)c1. The summed E-state index contributed by atoms with van der Waals surface area (Å²) in [7, 11) is 1.50. The number of hydrogen-bond acceptors (Lipinski definition) is 6. The Bertz CT molecular complexity index is 903. The van der Waals surface area contributed by atoms with Gasteiger partial charge in [0, 0.05) is 18.0 Å². The van der Waals surface area contributed by atoms with E-state index >= 15 is 0 Å². The molecule has 2 amide bonds. The van der Waals surface area contributed by atoms with Crippen LogP contribution in [0.3, 0.4) is 0 Å². The van der Waals surface area contributed by atoms with E-state index in [4.69, 9.17) is 14.9 Å². The Morgan fingerprint density at radius 1 is 1.26 bits per heavy atom. The van der Waals surface area contributed by atoms with Gasteiger partial charge in [-0.2, -0.15) is 0 Å². The van der Waals surface area contributed by atoms with Gasteiger partial charge in [-0.1, -0.05) is 6.07 Å². The summed E-state index contributed by atoms with van der Waals surface area (Å²) in [5, 5.41) is 2.59. The van der Waals surface area contributed by atoms with E-state index in [1.54, 1.807) is 24.3 Å². The van der Waals surface area contributed by atoms with Crippen LogP contribution >= 0.6 is 0 Å². The molecule has 0 aliphatic carbocycles. The van der Waals surface area contributed by atoms with Crippen LogP contribution in [0.5, 0.6) is 5.75 Å². The van der Waals surface area contributed by atoms with Gasteiger partial charge in [0.25, 0.3) is 11.8 Å². The number of anilines is 1.